The Balaban J connectivity index is 1.39. The second-order valence-corrected chi connectivity index (χ2v) is 8.13. The molecule has 9 nitrogen and oxygen atoms in total. The number of anilines is 1. The number of carbonyl (C=O) groups excluding carboxylic acids is 3. The van der Waals surface area contributed by atoms with E-state index in [0.29, 0.717) is 27.2 Å². The molecule has 0 spiro atoms. The number of pyridine rings is 1. The number of hydrogen-bond acceptors (Lipinski definition) is 5. The molecule has 2 heterocycles. The van der Waals surface area contributed by atoms with Gasteiger partial charge in [-0.15, -0.1) is 0 Å². The van der Waals surface area contributed by atoms with Crippen molar-refractivity contribution >= 4 is 45.3 Å². The van der Waals surface area contributed by atoms with E-state index in [1.807, 2.05) is 0 Å². The lowest BCUT2D eigenvalue weighted by atomic mass is 10.1. The molecule has 0 aliphatic heterocycles. The van der Waals surface area contributed by atoms with Crippen molar-refractivity contribution < 1.29 is 37.1 Å². The van der Waals surface area contributed by atoms with Crippen LogP contribution < -0.4 is 20.6 Å². The van der Waals surface area contributed by atoms with Crippen LogP contribution in [-0.2, 0) is 4.79 Å². The second kappa shape index (κ2) is 9.32. The molecule has 0 bridgehead atoms. The van der Waals surface area contributed by atoms with Gasteiger partial charge in [0.1, 0.15) is 5.52 Å². The molecule has 38 heavy (non-hydrogen) atoms. The number of hydrogen-bond donors (Lipinski definition) is 2. The van der Waals surface area contributed by atoms with Crippen molar-refractivity contribution in [2.24, 2.45) is 5.73 Å². The van der Waals surface area contributed by atoms with Gasteiger partial charge >= 0.3 is 12.1 Å². The lowest BCUT2D eigenvalue weighted by molar-refractivity contribution is -0.850. The Kier molecular flexibility index (Phi) is 5.99. The first-order valence-corrected chi connectivity index (χ1v) is 11.0. The molecule has 190 valence electrons. The van der Waals surface area contributed by atoms with Crippen LogP contribution in [0.1, 0.15) is 20.7 Å². The van der Waals surface area contributed by atoms with Gasteiger partial charge in [0.25, 0.3) is 17.3 Å². The molecule has 0 saturated heterocycles. The number of halogens is 3. The zero-order valence-corrected chi connectivity index (χ0v) is 19.3. The fraction of sp³-hybridized carbons (Fsp3) is 0.0385. The molecule has 0 saturated carbocycles. The average molecular weight is 520 g/mol. The van der Waals surface area contributed by atoms with E-state index >= 15 is 0 Å². The summed E-state index contributed by atoms with van der Waals surface area (Å²) in [6.45, 7) is 0. The Morgan fingerprint density at radius 1 is 0.921 bits per heavy atom. The zero-order valence-electron chi connectivity index (χ0n) is 19.3. The van der Waals surface area contributed by atoms with Gasteiger partial charge in [0.2, 0.25) is 6.20 Å². The fourth-order valence-electron chi connectivity index (χ4n) is 3.90. The van der Waals surface area contributed by atoms with Gasteiger partial charge < -0.3 is 11.1 Å². The van der Waals surface area contributed by atoms with E-state index in [0.717, 1.165) is 11.6 Å². The van der Waals surface area contributed by atoms with E-state index in [9.17, 15) is 27.6 Å². The summed E-state index contributed by atoms with van der Waals surface area (Å²) in [6, 6.07) is 19.1. The molecule has 0 unspecified atom stereocenters. The van der Waals surface area contributed by atoms with Crippen molar-refractivity contribution in [2.75, 3.05) is 5.32 Å². The Hall–Kier alpha value is -5.26. The first-order chi connectivity index (χ1) is 18.1. The maximum Gasteiger partial charge on any atom is 0.498 e. The number of nitrogens with one attached hydrogen (secondary N) is 1. The van der Waals surface area contributed by atoms with E-state index in [2.05, 4.69) is 15.3 Å². The number of carbonyl (C=O) groups is 3. The number of primary amides is 1. The zero-order chi connectivity index (χ0) is 27.0. The topological polar surface area (TPSA) is 120 Å². The summed E-state index contributed by atoms with van der Waals surface area (Å²) in [7, 11) is 0. The first-order valence-electron chi connectivity index (χ1n) is 11.0. The number of nitrogens with two attached hydrogens (primary N) is 1. The SMILES string of the molecule is NC(=O)c1cccc2cn(-c3ccc(NC(=O)c4cc[n+](OC(=O)C(F)(F)F)c5ccccc45)cc3)nc12. The Morgan fingerprint density at radius 3 is 2.37 bits per heavy atom. The fourth-order valence-corrected chi connectivity index (χ4v) is 3.90. The lowest BCUT2D eigenvalue weighted by Crippen LogP contribution is -2.50. The molecule has 5 rings (SSSR count). The second-order valence-electron chi connectivity index (χ2n) is 8.13. The van der Waals surface area contributed by atoms with E-state index in [1.165, 1.54) is 24.3 Å². The highest BCUT2D eigenvalue weighted by Crippen LogP contribution is 2.22. The van der Waals surface area contributed by atoms with Crippen LogP contribution in [0.25, 0.3) is 27.5 Å². The largest absolute Gasteiger partial charge is 0.498 e. The van der Waals surface area contributed by atoms with Gasteiger partial charge in [0.15, 0.2) is 0 Å². The van der Waals surface area contributed by atoms with Gasteiger partial charge in [0.05, 0.1) is 22.2 Å². The van der Waals surface area contributed by atoms with Crippen LogP contribution >= 0.6 is 0 Å². The molecule has 2 aromatic heterocycles. The van der Waals surface area contributed by atoms with Crippen LogP contribution in [-0.4, -0.2) is 33.7 Å². The summed E-state index contributed by atoms with van der Waals surface area (Å²) < 4.78 is 40.2. The smallest absolute Gasteiger partial charge is 0.366 e. The van der Waals surface area contributed by atoms with Crippen LogP contribution in [0.15, 0.2) is 85.2 Å². The van der Waals surface area contributed by atoms with E-state index in [1.54, 1.807) is 59.4 Å². The molecular formula is C26H17F3N5O4+. The molecule has 0 atom stereocenters. The molecule has 0 fully saturated rings. The third-order valence-corrected chi connectivity index (χ3v) is 5.66. The quantitative estimate of drug-likeness (QED) is 0.345. The summed E-state index contributed by atoms with van der Waals surface area (Å²) in [5.74, 6) is -3.50. The van der Waals surface area contributed by atoms with Gasteiger partial charge in [0, 0.05) is 34.1 Å². The number of para-hydroxylation sites is 1. The van der Waals surface area contributed by atoms with Crippen molar-refractivity contribution in [1.82, 2.24) is 9.78 Å². The molecule has 12 heteroatoms. The minimum absolute atomic E-state index is 0.0918. The Labute approximate surface area is 211 Å². The van der Waals surface area contributed by atoms with Gasteiger partial charge in [-0.05, 0) is 36.4 Å². The Morgan fingerprint density at radius 2 is 1.66 bits per heavy atom. The predicted octanol–water partition coefficient (Wildman–Crippen LogP) is 3.33. The number of aromatic nitrogens is 3. The van der Waals surface area contributed by atoms with Crippen LogP contribution in [0.3, 0.4) is 0 Å². The molecule has 0 aliphatic rings. The highest BCUT2D eigenvalue weighted by Gasteiger charge is 2.45. The summed E-state index contributed by atoms with van der Waals surface area (Å²) in [5.41, 5.74) is 7.54. The minimum atomic E-state index is -5.18. The number of alkyl halides is 3. The molecule has 3 N–H and O–H groups in total. The summed E-state index contributed by atoms with van der Waals surface area (Å²) in [4.78, 5) is 40.4. The number of benzene rings is 3. The normalized spacial score (nSPS) is 11.4. The van der Waals surface area contributed by atoms with E-state index < -0.39 is 24.0 Å². The standard InChI is InChI=1S/C26H16F3N5O4/c27-26(28,29)25(37)38-34-13-12-19(18-5-1-2-7-21(18)34)24(36)31-16-8-10-17(11-9-16)33-14-15-4-3-6-20(23(30)35)22(15)32-33/h1-14H,(H2-,30,31,35,36)/p+1. The van der Waals surface area contributed by atoms with Gasteiger partial charge in [-0.2, -0.15) is 23.1 Å². The van der Waals surface area contributed by atoms with Crippen molar-refractivity contribution in [1.29, 1.82) is 0 Å². The summed E-state index contributed by atoms with van der Waals surface area (Å²) >= 11 is 0. The number of amides is 2. The van der Waals surface area contributed by atoms with E-state index in [4.69, 9.17) is 5.73 Å². The van der Waals surface area contributed by atoms with Gasteiger partial charge in [-0.3, -0.25) is 9.59 Å². The molecular weight excluding hydrogens is 503 g/mol. The third-order valence-electron chi connectivity index (χ3n) is 5.66. The Bertz CT molecular complexity index is 1730. The highest BCUT2D eigenvalue weighted by molar-refractivity contribution is 6.11. The number of fused-ring (bicyclic) bond motifs is 2. The van der Waals surface area contributed by atoms with Gasteiger partial charge in [-0.1, -0.05) is 24.3 Å². The number of nitrogens with zero attached hydrogens (tertiary/aromatic N) is 3. The van der Waals surface area contributed by atoms with Crippen LogP contribution in [0.4, 0.5) is 18.9 Å². The maximum absolute atomic E-state index is 13.0. The van der Waals surface area contributed by atoms with E-state index in [-0.39, 0.29) is 16.5 Å². The summed E-state index contributed by atoms with van der Waals surface area (Å²) in [5, 5.41) is 8.18. The summed E-state index contributed by atoms with van der Waals surface area (Å²) in [6.07, 6.45) is -2.37. The molecule has 0 radical (unpaired) electrons. The molecule has 0 aliphatic carbocycles. The molecule has 5 aromatic rings. The van der Waals surface area contributed by atoms with Crippen LogP contribution in [0.2, 0.25) is 0 Å². The third kappa shape index (κ3) is 4.62. The predicted molar refractivity (Wildman–Crippen MR) is 129 cm³/mol. The van der Waals surface area contributed by atoms with Crippen molar-refractivity contribution in [3.63, 3.8) is 0 Å². The van der Waals surface area contributed by atoms with Crippen LogP contribution in [0, 0.1) is 0 Å². The van der Waals surface area contributed by atoms with Crippen molar-refractivity contribution in [3.8, 4) is 5.69 Å². The average Bonchev–Trinajstić information content (AvgIpc) is 3.33. The first kappa shape index (κ1) is 24.4. The molecule has 2 amide bonds. The molecule has 3 aromatic carbocycles. The monoisotopic (exact) mass is 520 g/mol. The van der Waals surface area contributed by atoms with Crippen molar-refractivity contribution in [3.05, 3.63) is 96.3 Å². The lowest BCUT2D eigenvalue weighted by Gasteiger charge is -2.09. The minimum Gasteiger partial charge on any atom is -0.366 e. The van der Waals surface area contributed by atoms with Crippen molar-refractivity contribution in [2.45, 2.75) is 6.18 Å². The number of rotatable bonds is 5. The highest BCUT2D eigenvalue weighted by atomic mass is 19.4. The maximum atomic E-state index is 13.0. The van der Waals surface area contributed by atoms with Crippen LogP contribution in [0.5, 0.6) is 0 Å². The van der Waals surface area contributed by atoms with Gasteiger partial charge in [-0.25, -0.2) is 9.48 Å².